The topological polar surface area (TPSA) is 79.0 Å². The first-order valence-electron chi connectivity index (χ1n) is 8.15. The Bertz CT molecular complexity index is 689. The monoisotopic (exact) mass is 409 g/mol. The van der Waals surface area contributed by atoms with Gasteiger partial charge in [-0.05, 0) is 26.0 Å². The van der Waals surface area contributed by atoms with Gasteiger partial charge in [0.05, 0.1) is 18.8 Å². The largest absolute Gasteiger partial charge is 0.379 e. The number of halogens is 1. The van der Waals surface area contributed by atoms with E-state index in [4.69, 9.17) is 4.74 Å². The second kappa shape index (κ2) is 8.79. The molecule has 3 rings (SSSR count). The number of morpholine rings is 1. The Labute approximate surface area is 158 Å². The summed E-state index contributed by atoms with van der Waals surface area (Å²) in [5.74, 6) is -0.0883. The van der Waals surface area contributed by atoms with Gasteiger partial charge in [0.25, 0.3) is 15.9 Å². The average molecular weight is 410 g/mol. The van der Waals surface area contributed by atoms with Crippen molar-refractivity contribution in [3.05, 3.63) is 17.0 Å². The molecule has 0 bridgehead atoms. The van der Waals surface area contributed by atoms with E-state index in [1.165, 1.54) is 10.4 Å². The second-order valence-electron chi connectivity index (χ2n) is 6.05. The molecule has 1 atom stereocenters. The van der Waals surface area contributed by atoms with Crippen LogP contribution in [0.25, 0.3) is 0 Å². The summed E-state index contributed by atoms with van der Waals surface area (Å²) in [5.41, 5.74) is 0.462. The van der Waals surface area contributed by atoms with Gasteiger partial charge in [-0.15, -0.1) is 23.7 Å². The standard InChI is InChI=1S/C15H23N3O4S2.ClH/c1-16-13-3-2-4-17(10-13)15(19)12-9-14(23-11-12)24(20,21)18-5-7-22-8-6-18;/h9,11,13,16H,2-8,10H2,1H3;1H. The number of ether oxygens (including phenoxy) is 1. The molecule has 0 radical (unpaired) electrons. The van der Waals surface area contributed by atoms with E-state index in [9.17, 15) is 13.2 Å². The van der Waals surface area contributed by atoms with Crippen LogP contribution >= 0.6 is 23.7 Å². The van der Waals surface area contributed by atoms with E-state index >= 15 is 0 Å². The molecule has 0 saturated carbocycles. The van der Waals surface area contributed by atoms with Crippen LogP contribution in [0.5, 0.6) is 0 Å². The zero-order chi connectivity index (χ0) is 17.2. The third kappa shape index (κ3) is 4.53. The maximum atomic E-state index is 12.7. The molecule has 0 aliphatic carbocycles. The summed E-state index contributed by atoms with van der Waals surface area (Å²) in [4.78, 5) is 14.5. The first-order chi connectivity index (χ1) is 11.5. The van der Waals surface area contributed by atoms with Gasteiger partial charge in [-0.2, -0.15) is 4.31 Å². The van der Waals surface area contributed by atoms with Crippen molar-refractivity contribution in [2.45, 2.75) is 23.1 Å². The number of nitrogens with one attached hydrogen (secondary N) is 1. The number of carbonyl (C=O) groups is 1. The van der Waals surface area contributed by atoms with E-state index in [0.29, 0.717) is 44.5 Å². The molecule has 1 unspecified atom stereocenters. The van der Waals surface area contributed by atoms with Gasteiger partial charge in [0, 0.05) is 37.6 Å². The molecule has 1 aromatic heterocycles. The number of hydrogen-bond donors (Lipinski definition) is 1. The summed E-state index contributed by atoms with van der Waals surface area (Å²) in [6, 6.07) is 1.82. The fraction of sp³-hybridized carbons (Fsp3) is 0.667. The molecule has 0 aromatic carbocycles. The first-order valence-corrected chi connectivity index (χ1v) is 10.5. The van der Waals surface area contributed by atoms with Crippen LogP contribution in [-0.2, 0) is 14.8 Å². The van der Waals surface area contributed by atoms with Crippen molar-refractivity contribution in [2.24, 2.45) is 0 Å². The second-order valence-corrected chi connectivity index (χ2v) is 9.13. The molecule has 7 nitrogen and oxygen atoms in total. The summed E-state index contributed by atoms with van der Waals surface area (Å²) < 4.78 is 32.1. The third-order valence-corrected chi connectivity index (χ3v) is 7.82. The van der Waals surface area contributed by atoms with Crippen LogP contribution in [0.3, 0.4) is 0 Å². The Morgan fingerprint density at radius 3 is 2.72 bits per heavy atom. The summed E-state index contributed by atoms with van der Waals surface area (Å²) in [6.45, 7) is 2.93. The van der Waals surface area contributed by atoms with E-state index in [2.05, 4.69) is 5.32 Å². The predicted octanol–water partition coefficient (Wildman–Crippen LogP) is 1.01. The highest BCUT2D eigenvalue weighted by atomic mass is 35.5. The fourth-order valence-corrected chi connectivity index (χ4v) is 5.77. The number of hydrogen-bond acceptors (Lipinski definition) is 6. The number of likely N-dealkylation sites (tertiary alicyclic amines) is 1. The van der Waals surface area contributed by atoms with Crippen LogP contribution in [-0.4, -0.2) is 76.0 Å². The van der Waals surface area contributed by atoms with E-state index < -0.39 is 10.0 Å². The molecule has 2 aliphatic heterocycles. The zero-order valence-electron chi connectivity index (χ0n) is 14.1. The Morgan fingerprint density at radius 1 is 1.32 bits per heavy atom. The van der Waals surface area contributed by atoms with Gasteiger partial charge in [0.2, 0.25) is 0 Å². The SMILES string of the molecule is CNC1CCCN(C(=O)c2csc(S(=O)(=O)N3CCOCC3)c2)C1.Cl. The fourth-order valence-electron chi connectivity index (χ4n) is 3.06. The molecule has 2 fully saturated rings. The lowest BCUT2D eigenvalue weighted by Crippen LogP contribution is -2.46. The van der Waals surface area contributed by atoms with E-state index in [0.717, 1.165) is 30.7 Å². The number of nitrogens with zero attached hydrogens (tertiary/aromatic N) is 2. The molecule has 1 N–H and O–H groups in total. The van der Waals surface area contributed by atoms with Gasteiger partial charge < -0.3 is 15.0 Å². The summed E-state index contributed by atoms with van der Waals surface area (Å²) >= 11 is 1.12. The number of piperidine rings is 1. The Hall–Kier alpha value is -0.710. The molecule has 10 heteroatoms. The highest BCUT2D eigenvalue weighted by Gasteiger charge is 2.30. The van der Waals surface area contributed by atoms with Crippen molar-refractivity contribution in [1.82, 2.24) is 14.5 Å². The maximum Gasteiger partial charge on any atom is 0.254 e. The number of rotatable bonds is 4. The normalized spacial score (nSPS) is 22.4. The van der Waals surface area contributed by atoms with Gasteiger partial charge in [-0.1, -0.05) is 0 Å². The van der Waals surface area contributed by atoms with Gasteiger partial charge in [0.1, 0.15) is 4.21 Å². The lowest BCUT2D eigenvalue weighted by molar-refractivity contribution is 0.0698. The van der Waals surface area contributed by atoms with Crippen molar-refractivity contribution in [3.63, 3.8) is 0 Å². The third-order valence-electron chi connectivity index (χ3n) is 4.50. The van der Waals surface area contributed by atoms with Gasteiger partial charge in [-0.25, -0.2) is 8.42 Å². The number of amides is 1. The van der Waals surface area contributed by atoms with Crippen LogP contribution in [0.1, 0.15) is 23.2 Å². The molecule has 25 heavy (non-hydrogen) atoms. The van der Waals surface area contributed by atoms with Crippen molar-refractivity contribution < 1.29 is 17.9 Å². The molecular formula is C15H24ClN3O4S2. The van der Waals surface area contributed by atoms with Crippen molar-refractivity contribution in [2.75, 3.05) is 46.4 Å². The maximum absolute atomic E-state index is 12.7. The van der Waals surface area contributed by atoms with Crippen LogP contribution in [0.2, 0.25) is 0 Å². The summed E-state index contributed by atoms with van der Waals surface area (Å²) in [5, 5.41) is 4.86. The van der Waals surface area contributed by atoms with Crippen LogP contribution in [0.15, 0.2) is 15.7 Å². The molecule has 3 heterocycles. The average Bonchev–Trinajstić information content (AvgIpc) is 3.13. The molecule has 2 aliphatic rings. The van der Waals surface area contributed by atoms with Gasteiger partial charge in [0.15, 0.2) is 0 Å². The van der Waals surface area contributed by atoms with Crippen molar-refractivity contribution in [1.29, 1.82) is 0 Å². The number of sulfonamides is 1. The minimum Gasteiger partial charge on any atom is -0.379 e. The highest BCUT2D eigenvalue weighted by Crippen LogP contribution is 2.26. The van der Waals surface area contributed by atoms with E-state index in [-0.39, 0.29) is 22.5 Å². The Morgan fingerprint density at radius 2 is 2.04 bits per heavy atom. The highest BCUT2D eigenvalue weighted by molar-refractivity contribution is 7.91. The molecule has 2 saturated heterocycles. The molecular weight excluding hydrogens is 386 g/mol. The minimum absolute atomic E-state index is 0. The lowest BCUT2D eigenvalue weighted by atomic mass is 10.1. The smallest absolute Gasteiger partial charge is 0.254 e. The molecule has 1 amide bonds. The zero-order valence-corrected chi connectivity index (χ0v) is 16.6. The number of likely N-dealkylation sites (N-methyl/N-ethyl adjacent to an activating group) is 1. The van der Waals surface area contributed by atoms with Crippen LogP contribution < -0.4 is 5.32 Å². The molecule has 142 valence electrons. The lowest BCUT2D eigenvalue weighted by Gasteiger charge is -2.32. The Balaban J connectivity index is 0.00000225. The van der Waals surface area contributed by atoms with E-state index in [1.54, 1.807) is 10.3 Å². The number of carbonyl (C=O) groups excluding carboxylic acids is 1. The molecule has 0 spiro atoms. The van der Waals surface area contributed by atoms with Gasteiger partial charge >= 0.3 is 0 Å². The quantitative estimate of drug-likeness (QED) is 0.803. The number of thiophene rings is 1. The van der Waals surface area contributed by atoms with Crippen LogP contribution in [0.4, 0.5) is 0 Å². The first kappa shape index (κ1) is 20.6. The van der Waals surface area contributed by atoms with Crippen LogP contribution in [0, 0.1) is 0 Å². The predicted molar refractivity (Wildman–Crippen MR) is 99.1 cm³/mol. The van der Waals surface area contributed by atoms with Gasteiger partial charge in [-0.3, -0.25) is 4.79 Å². The summed E-state index contributed by atoms with van der Waals surface area (Å²) in [7, 11) is -1.63. The minimum atomic E-state index is -3.53. The summed E-state index contributed by atoms with van der Waals surface area (Å²) in [6.07, 6.45) is 2.01. The Kier molecular flexibility index (Phi) is 7.24. The van der Waals surface area contributed by atoms with Crippen molar-refractivity contribution in [3.8, 4) is 0 Å². The van der Waals surface area contributed by atoms with E-state index in [1.807, 2.05) is 7.05 Å². The van der Waals surface area contributed by atoms with Crippen molar-refractivity contribution >= 4 is 39.7 Å². The molecule has 1 aromatic rings.